The number of rotatable bonds is 3. The topological polar surface area (TPSA) is 26.0 Å². The van der Waals surface area contributed by atoms with Gasteiger partial charge in [-0.2, -0.15) is 0 Å². The minimum atomic E-state index is 0.274. The van der Waals surface area contributed by atoms with Crippen LogP contribution in [0.15, 0.2) is 24.3 Å². The maximum absolute atomic E-state index is 6.35. The van der Waals surface area contributed by atoms with E-state index >= 15 is 0 Å². The second kappa shape index (κ2) is 4.77. The van der Waals surface area contributed by atoms with E-state index in [1.165, 1.54) is 31.2 Å². The van der Waals surface area contributed by atoms with Crippen molar-refractivity contribution in [2.45, 2.75) is 45.1 Å². The van der Waals surface area contributed by atoms with Gasteiger partial charge in [0.2, 0.25) is 0 Å². The Morgan fingerprint density at radius 3 is 2.38 bits per heavy atom. The molecule has 1 aliphatic rings. The minimum absolute atomic E-state index is 0.274. The van der Waals surface area contributed by atoms with Gasteiger partial charge in [0.1, 0.15) is 0 Å². The molecular formula is C14H20ClN. The van der Waals surface area contributed by atoms with Crippen molar-refractivity contribution in [1.29, 1.82) is 0 Å². The molecule has 2 rings (SSSR count). The molecule has 1 atom stereocenters. The zero-order chi connectivity index (χ0) is 11.6. The summed E-state index contributed by atoms with van der Waals surface area (Å²) in [6, 6.07) is 8.33. The fourth-order valence-electron chi connectivity index (χ4n) is 2.67. The molecule has 0 bridgehead atoms. The average molecular weight is 238 g/mol. The van der Waals surface area contributed by atoms with Crippen LogP contribution in [-0.4, -0.2) is 6.04 Å². The molecule has 1 aliphatic carbocycles. The van der Waals surface area contributed by atoms with Crippen LogP contribution >= 0.6 is 11.6 Å². The lowest BCUT2D eigenvalue weighted by molar-refractivity contribution is 0.260. The first-order valence-electron chi connectivity index (χ1n) is 6.10. The second-order valence-electron chi connectivity index (χ2n) is 5.30. The van der Waals surface area contributed by atoms with Crippen LogP contribution in [0.3, 0.4) is 0 Å². The van der Waals surface area contributed by atoms with Crippen molar-refractivity contribution in [1.82, 2.24) is 0 Å². The predicted octanol–water partition coefficient (Wildman–Crippen LogP) is 3.79. The maximum atomic E-state index is 6.35. The first-order valence-corrected chi connectivity index (χ1v) is 6.48. The van der Waals surface area contributed by atoms with Crippen LogP contribution < -0.4 is 5.73 Å². The van der Waals surface area contributed by atoms with E-state index < -0.39 is 0 Å². The molecule has 16 heavy (non-hydrogen) atoms. The molecule has 2 heteroatoms. The van der Waals surface area contributed by atoms with Gasteiger partial charge in [-0.15, -0.1) is 0 Å². The third-order valence-electron chi connectivity index (χ3n) is 4.01. The van der Waals surface area contributed by atoms with Crippen molar-refractivity contribution in [2.24, 2.45) is 11.1 Å². The summed E-state index contributed by atoms with van der Waals surface area (Å²) < 4.78 is 0. The summed E-state index contributed by atoms with van der Waals surface area (Å²) in [5.74, 6) is 0. The Balaban J connectivity index is 2.01. The molecule has 1 fully saturated rings. The third-order valence-corrected chi connectivity index (χ3v) is 4.26. The van der Waals surface area contributed by atoms with E-state index in [1.807, 2.05) is 12.1 Å². The van der Waals surface area contributed by atoms with Crippen LogP contribution in [0.5, 0.6) is 0 Å². The summed E-state index contributed by atoms with van der Waals surface area (Å²) in [5, 5.41) is 0.796. The van der Waals surface area contributed by atoms with Crippen LogP contribution in [0, 0.1) is 5.41 Å². The molecule has 1 saturated carbocycles. The zero-order valence-corrected chi connectivity index (χ0v) is 10.6. The monoisotopic (exact) mass is 237 g/mol. The molecule has 1 nitrogen and oxygen atoms in total. The highest BCUT2D eigenvalue weighted by Gasteiger charge is 2.34. The van der Waals surface area contributed by atoms with Gasteiger partial charge in [-0.05, 0) is 42.4 Å². The van der Waals surface area contributed by atoms with Gasteiger partial charge in [-0.3, -0.25) is 0 Å². The molecule has 2 N–H and O–H groups in total. The molecule has 0 spiro atoms. The van der Waals surface area contributed by atoms with E-state index in [0.717, 1.165) is 11.4 Å². The fourth-order valence-corrected chi connectivity index (χ4v) is 2.80. The quantitative estimate of drug-likeness (QED) is 0.851. The number of nitrogens with two attached hydrogens (primary N) is 1. The molecule has 0 radical (unpaired) electrons. The van der Waals surface area contributed by atoms with Crippen molar-refractivity contribution in [3.63, 3.8) is 0 Å². The molecule has 0 aliphatic heterocycles. The Hall–Kier alpha value is -0.530. The lowest BCUT2D eigenvalue weighted by atomic mass is 9.78. The van der Waals surface area contributed by atoms with Crippen LogP contribution in [-0.2, 0) is 6.42 Å². The van der Waals surface area contributed by atoms with E-state index in [9.17, 15) is 0 Å². The van der Waals surface area contributed by atoms with E-state index in [-0.39, 0.29) is 6.04 Å². The Kier molecular flexibility index (Phi) is 3.56. The third kappa shape index (κ3) is 2.58. The van der Waals surface area contributed by atoms with Gasteiger partial charge >= 0.3 is 0 Å². The van der Waals surface area contributed by atoms with Crippen molar-refractivity contribution in [3.05, 3.63) is 34.9 Å². The summed E-state index contributed by atoms with van der Waals surface area (Å²) in [4.78, 5) is 0. The molecule has 88 valence electrons. The number of halogens is 1. The Bertz CT molecular complexity index is 338. The van der Waals surface area contributed by atoms with Gasteiger partial charge in [0.15, 0.2) is 0 Å². The molecule has 1 aromatic carbocycles. The molecule has 0 saturated heterocycles. The van der Waals surface area contributed by atoms with Crippen LogP contribution in [0.4, 0.5) is 0 Å². The first-order chi connectivity index (χ1) is 7.60. The molecular weight excluding hydrogens is 218 g/mol. The second-order valence-corrected chi connectivity index (χ2v) is 5.73. The van der Waals surface area contributed by atoms with Crippen LogP contribution in [0.1, 0.15) is 38.2 Å². The van der Waals surface area contributed by atoms with E-state index in [0.29, 0.717) is 5.41 Å². The van der Waals surface area contributed by atoms with Crippen LogP contribution in [0.2, 0.25) is 5.02 Å². The summed E-state index contributed by atoms with van der Waals surface area (Å²) in [5.41, 5.74) is 7.99. The Morgan fingerprint density at radius 1 is 1.25 bits per heavy atom. The number of benzene rings is 1. The van der Waals surface area contributed by atoms with Gasteiger partial charge < -0.3 is 5.73 Å². The van der Waals surface area contributed by atoms with Crippen molar-refractivity contribution in [3.8, 4) is 0 Å². The van der Waals surface area contributed by atoms with E-state index in [1.54, 1.807) is 0 Å². The normalized spacial score (nSPS) is 20.9. The maximum Gasteiger partial charge on any atom is 0.0406 e. The average Bonchev–Trinajstić information content (AvgIpc) is 2.70. The molecule has 1 aromatic rings. The molecule has 0 amide bonds. The SMILES string of the molecule is CC1(C(N)Cc2ccc(Cl)cc2)CCCC1. The summed E-state index contributed by atoms with van der Waals surface area (Å²) in [6.07, 6.45) is 6.20. The summed E-state index contributed by atoms with van der Waals surface area (Å²) in [6.45, 7) is 2.33. The van der Waals surface area contributed by atoms with Gasteiger partial charge in [-0.1, -0.05) is 43.5 Å². The van der Waals surface area contributed by atoms with Gasteiger partial charge in [-0.25, -0.2) is 0 Å². The highest BCUT2D eigenvalue weighted by molar-refractivity contribution is 6.30. The standard InChI is InChI=1S/C14H20ClN/c1-14(8-2-3-9-14)13(16)10-11-4-6-12(15)7-5-11/h4-7,13H,2-3,8-10,16H2,1H3. The zero-order valence-electron chi connectivity index (χ0n) is 9.88. The fraction of sp³-hybridized carbons (Fsp3) is 0.571. The highest BCUT2D eigenvalue weighted by Crippen LogP contribution is 2.40. The molecule has 0 aromatic heterocycles. The number of hydrogen-bond acceptors (Lipinski definition) is 1. The van der Waals surface area contributed by atoms with E-state index in [4.69, 9.17) is 17.3 Å². The van der Waals surface area contributed by atoms with Gasteiger partial charge in [0.25, 0.3) is 0 Å². The number of hydrogen-bond donors (Lipinski definition) is 1. The lowest BCUT2D eigenvalue weighted by Crippen LogP contribution is -2.39. The summed E-state index contributed by atoms with van der Waals surface area (Å²) >= 11 is 5.87. The van der Waals surface area contributed by atoms with Gasteiger partial charge in [0, 0.05) is 11.1 Å². The molecule has 0 heterocycles. The Labute approximate surface area is 103 Å². The van der Waals surface area contributed by atoms with Crippen molar-refractivity contribution >= 4 is 11.6 Å². The highest BCUT2D eigenvalue weighted by atomic mass is 35.5. The van der Waals surface area contributed by atoms with E-state index in [2.05, 4.69) is 19.1 Å². The van der Waals surface area contributed by atoms with Crippen molar-refractivity contribution in [2.75, 3.05) is 0 Å². The smallest absolute Gasteiger partial charge is 0.0406 e. The predicted molar refractivity (Wildman–Crippen MR) is 69.7 cm³/mol. The largest absolute Gasteiger partial charge is 0.327 e. The molecule has 1 unspecified atom stereocenters. The van der Waals surface area contributed by atoms with Crippen molar-refractivity contribution < 1.29 is 0 Å². The minimum Gasteiger partial charge on any atom is -0.327 e. The summed E-state index contributed by atoms with van der Waals surface area (Å²) in [7, 11) is 0. The van der Waals surface area contributed by atoms with Crippen LogP contribution in [0.25, 0.3) is 0 Å². The van der Waals surface area contributed by atoms with Gasteiger partial charge in [0.05, 0.1) is 0 Å². The lowest BCUT2D eigenvalue weighted by Gasteiger charge is -2.31. The Morgan fingerprint density at radius 2 is 1.81 bits per heavy atom. The first kappa shape index (κ1) is 11.9.